The van der Waals surface area contributed by atoms with Crippen LogP contribution in [0.1, 0.15) is 6.42 Å². The first kappa shape index (κ1) is 8.93. The minimum absolute atomic E-state index is 0.334. The molecular weight excluding hydrogens is 142 g/mol. The van der Waals surface area contributed by atoms with Gasteiger partial charge in [0.05, 0.1) is 12.8 Å². The van der Waals surface area contributed by atoms with Crippen molar-refractivity contribution in [1.82, 2.24) is 4.90 Å². The van der Waals surface area contributed by atoms with Gasteiger partial charge in [0, 0.05) is 26.2 Å². The molecule has 0 radical (unpaired) electrons. The Hall–Kier alpha value is -0.160. The van der Waals surface area contributed by atoms with E-state index in [0.717, 1.165) is 32.6 Å². The van der Waals surface area contributed by atoms with Gasteiger partial charge < -0.3 is 16.2 Å². The highest BCUT2D eigenvalue weighted by atomic mass is 16.5. The van der Waals surface area contributed by atoms with Crippen molar-refractivity contribution in [3.8, 4) is 0 Å². The average molecular weight is 159 g/mol. The Kier molecular flexibility index (Phi) is 3.79. The van der Waals surface area contributed by atoms with E-state index < -0.39 is 0 Å². The van der Waals surface area contributed by atoms with E-state index >= 15 is 0 Å². The lowest BCUT2D eigenvalue weighted by Crippen LogP contribution is -2.29. The van der Waals surface area contributed by atoms with Gasteiger partial charge in [-0.05, 0) is 6.42 Å². The second-order valence-electron chi connectivity index (χ2n) is 2.83. The zero-order valence-electron chi connectivity index (χ0n) is 6.83. The molecule has 66 valence electrons. The monoisotopic (exact) mass is 159 g/mol. The zero-order chi connectivity index (χ0) is 8.10. The van der Waals surface area contributed by atoms with Crippen molar-refractivity contribution in [3.05, 3.63) is 0 Å². The summed E-state index contributed by atoms with van der Waals surface area (Å²) in [6, 6.07) is 0. The largest absolute Gasteiger partial charge is 0.362 e. The summed E-state index contributed by atoms with van der Waals surface area (Å²) in [7, 11) is 0. The molecule has 0 aromatic carbocycles. The molecule has 0 aromatic heterocycles. The third-order valence-electron chi connectivity index (χ3n) is 2.01. The Bertz CT molecular complexity index is 97.9. The van der Waals surface area contributed by atoms with Crippen LogP contribution in [-0.2, 0) is 4.74 Å². The molecule has 11 heavy (non-hydrogen) atoms. The van der Waals surface area contributed by atoms with E-state index in [-0.39, 0.29) is 0 Å². The summed E-state index contributed by atoms with van der Waals surface area (Å²) in [5.41, 5.74) is 10.7. The predicted octanol–water partition coefficient (Wildman–Crippen LogP) is -1.05. The molecule has 1 unspecified atom stereocenters. The summed E-state index contributed by atoms with van der Waals surface area (Å²) < 4.78 is 5.27. The van der Waals surface area contributed by atoms with Crippen molar-refractivity contribution in [3.63, 3.8) is 0 Å². The highest BCUT2D eigenvalue weighted by molar-refractivity contribution is 4.75. The SMILES string of the molecule is NCCN1CCC(OCN)C1. The fourth-order valence-corrected chi connectivity index (χ4v) is 1.45. The van der Waals surface area contributed by atoms with Crippen LogP contribution in [-0.4, -0.2) is 43.9 Å². The van der Waals surface area contributed by atoms with E-state index in [1.54, 1.807) is 0 Å². The zero-order valence-corrected chi connectivity index (χ0v) is 6.83. The molecule has 1 aliphatic rings. The number of ether oxygens (including phenoxy) is 1. The summed E-state index contributed by atoms with van der Waals surface area (Å²) in [4.78, 5) is 2.31. The summed E-state index contributed by atoms with van der Waals surface area (Å²) in [5.74, 6) is 0. The second-order valence-corrected chi connectivity index (χ2v) is 2.83. The Morgan fingerprint density at radius 1 is 1.45 bits per heavy atom. The van der Waals surface area contributed by atoms with E-state index in [2.05, 4.69) is 4.90 Å². The van der Waals surface area contributed by atoms with Crippen LogP contribution < -0.4 is 11.5 Å². The summed E-state index contributed by atoms with van der Waals surface area (Å²) >= 11 is 0. The molecule has 0 amide bonds. The van der Waals surface area contributed by atoms with Crippen molar-refractivity contribution in [2.24, 2.45) is 11.5 Å². The maximum atomic E-state index is 5.42. The molecule has 1 aliphatic heterocycles. The van der Waals surface area contributed by atoms with Crippen molar-refractivity contribution >= 4 is 0 Å². The van der Waals surface area contributed by atoms with Crippen molar-refractivity contribution < 1.29 is 4.74 Å². The predicted molar refractivity (Wildman–Crippen MR) is 44.0 cm³/mol. The van der Waals surface area contributed by atoms with Crippen LogP contribution in [0.15, 0.2) is 0 Å². The van der Waals surface area contributed by atoms with E-state index in [1.165, 1.54) is 0 Å². The molecule has 0 bridgehead atoms. The first-order valence-corrected chi connectivity index (χ1v) is 4.11. The molecule has 1 rings (SSSR count). The third-order valence-corrected chi connectivity index (χ3v) is 2.01. The van der Waals surface area contributed by atoms with E-state index in [1.807, 2.05) is 0 Å². The van der Waals surface area contributed by atoms with Crippen molar-refractivity contribution in [1.29, 1.82) is 0 Å². The fourth-order valence-electron chi connectivity index (χ4n) is 1.45. The van der Waals surface area contributed by atoms with E-state index in [9.17, 15) is 0 Å². The molecule has 0 aromatic rings. The van der Waals surface area contributed by atoms with Crippen molar-refractivity contribution in [2.75, 3.05) is 32.9 Å². The lowest BCUT2D eigenvalue weighted by molar-refractivity contribution is 0.0642. The van der Waals surface area contributed by atoms with Gasteiger partial charge in [-0.15, -0.1) is 0 Å². The molecule has 0 saturated carbocycles. The number of likely N-dealkylation sites (tertiary alicyclic amines) is 1. The highest BCUT2D eigenvalue weighted by Crippen LogP contribution is 2.10. The third kappa shape index (κ3) is 2.75. The Labute approximate surface area is 67.5 Å². The van der Waals surface area contributed by atoms with Crippen LogP contribution in [0.3, 0.4) is 0 Å². The van der Waals surface area contributed by atoms with Gasteiger partial charge in [0.1, 0.15) is 0 Å². The van der Waals surface area contributed by atoms with Gasteiger partial charge in [0.2, 0.25) is 0 Å². The maximum Gasteiger partial charge on any atom is 0.0944 e. The molecule has 0 aliphatic carbocycles. The first-order chi connectivity index (χ1) is 5.36. The molecule has 1 fully saturated rings. The molecule has 4 nitrogen and oxygen atoms in total. The number of nitrogens with zero attached hydrogens (tertiary/aromatic N) is 1. The lowest BCUT2D eigenvalue weighted by Gasteiger charge is -2.13. The first-order valence-electron chi connectivity index (χ1n) is 4.11. The Morgan fingerprint density at radius 3 is 2.91 bits per heavy atom. The number of hydrogen-bond acceptors (Lipinski definition) is 4. The molecular formula is C7H17N3O. The lowest BCUT2D eigenvalue weighted by atomic mass is 10.3. The van der Waals surface area contributed by atoms with Gasteiger partial charge in [0.15, 0.2) is 0 Å². The number of hydrogen-bond donors (Lipinski definition) is 2. The molecule has 4 N–H and O–H groups in total. The summed E-state index contributed by atoms with van der Waals surface area (Å²) in [6.45, 7) is 4.14. The van der Waals surface area contributed by atoms with Crippen LogP contribution in [0.25, 0.3) is 0 Å². The highest BCUT2D eigenvalue weighted by Gasteiger charge is 2.21. The van der Waals surface area contributed by atoms with Gasteiger partial charge in [-0.2, -0.15) is 0 Å². The van der Waals surface area contributed by atoms with Gasteiger partial charge >= 0.3 is 0 Å². The Balaban J connectivity index is 2.12. The molecule has 1 atom stereocenters. The summed E-state index contributed by atoms with van der Waals surface area (Å²) in [6.07, 6.45) is 1.43. The normalized spacial score (nSPS) is 26.2. The van der Waals surface area contributed by atoms with E-state index in [4.69, 9.17) is 16.2 Å². The quantitative estimate of drug-likeness (QED) is 0.514. The van der Waals surface area contributed by atoms with Gasteiger partial charge in [-0.3, -0.25) is 4.90 Å². The van der Waals surface area contributed by atoms with Gasteiger partial charge in [-0.25, -0.2) is 0 Å². The second kappa shape index (κ2) is 4.66. The molecule has 1 heterocycles. The van der Waals surface area contributed by atoms with Crippen LogP contribution >= 0.6 is 0 Å². The van der Waals surface area contributed by atoms with Crippen LogP contribution in [0.5, 0.6) is 0 Å². The minimum Gasteiger partial charge on any atom is -0.362 e. The van der Waals surface area contributed by atoms with E-state index in [0.29, 0.717) is 12.8 Å². The molecule has 1 saturated heterocycles. The Morgan fingerprint density at radius 2 is 2.27 bits per heavy atom. The number of rotatable bonds is 4. The van der Waals surface area contributed by atoms with Crippen LogP contribution in [0.4, 0.5) is 0 Å². The average Bonchev–Trinajstić information content (AvgIpc) is 2.38. The summed E-state index contributed by atoms with van der Waals surface area (Å²) in [5, 5.41) is 0. The smallest absolute Gasteiger partial charge is 0.0944 e. The number of nitrogens with two attached hydrogens (primary N) is 2. The topological polar surface area (TPSA) is 64.5 Å². The minimum atomic E-state index is 0.334. The van der Waals surface area contributed by atoms with Crippen molar-refractivity contribution in [2.45, 2.75) is 12.5 Å². The molecule has 0 spiro atoms. The van der Waals surface area contributed by atoms with Crippen LogP contribution in [0, 0.1) is 0 Å². The standard InChI is InChI=1S/C7H17N3O/c8-2-4-10-3-1-7(5-10)11-6-9/h7H,1-6,8-9H2. The fraction of sp³-hybridized carbons (Fsp3) is 1.00. The van der Waals surface area contributed by atoms with Gasteiger partial charge in [0.25, 0.3) is 0 Å². The van der Waals surface area contributed by atoms with Gasteiger partial charge in [-0.1, -0.05) is 0 Å². The maximum absolute atomic E-state index is 5.42. The molecule has 4 heteroatoms. The van der Waals surface area contributed by atoms with Crippen LogP contribution in [0.2, 0.25) is 0 Å².